The standard InChI is InChI=1S/C10H11FN2O3/c1-6(2)12-10(14)8-5-7(13(15)16)3-4-9(8)11/h3-6H,1-2H3,(H,12,14). The average Bonchev–Trinajstić information content (AvgIpc) is 2.16. The third-order valence-electron chi connectivity index (χ3n) is 1.83. The number of nitro benzene ring substituents is 1. The maximum Gasteiger partial charge on any atom is 0.270 e. The second kappa shape index (κ2) is 4.69. The van der Waals surface area contributed by atoms with Gasteiger partial charge in [-0.25, -0.2) is 4.39 Å². The lowest BCUT2D eigenvalue weighted by atomic mass is 10.1. The van der Waals surface area contributed by atoms with Gasteiger partial charge in [-0.15, -0.1) is 0 Å². The Hall–Kier alpha value is -1.98. The lowest BCUT2D eigenvalue weighted by Gasteiger charge is -2.08. The van der Waals surface area contributed by atoms with Crippen molar-refractivity contribution in [2.24, 2.45) is 0 Å². The number of rotatable bonds is 3. The number of nitrogens with zero attached hydrogens (tertiary/aromatic N) is 1. The number of non-ortho nitro benzene ring substituents is 1. The van der Waals surface area contributed by atoms with Crippen molar-refractivity contribution in [3.8, 4) is 0 Å². The first-order valence-electron chi connectivity index (χ1n) is 4.66. The Morgan fingerprint density at radius 2 is 2.12 bits per heavy atom. The number of hydrogen-bond donors (Lipinski definition) is 1. The van der Waals surface area contributed by atoms with E-state index in [1.165, 1.54) is 0 Å². The molecule has 1 amide bonds. The lowest BCUT2D eigenvalue weighted by molar-refractivity contribution is -0.384. The minimum absolute atomic E-state index is 0.161. The molecule has 86 valence electrons. The fraction of sp³-hybridized carbons (Fsp3) is 0.300. The molecule has 0 aromatic heterocycles. The summed E-state index contributed by atoms with van der Waals surface area (Å²) in [6.45, 7) is 3.43. The van der Waals surface area contributed by atoms with Crippen LogP contribution in [0.5, 0.6) is 0 Å². The highest BCUT2D eigenvalue weighted by molar-refractivity contribution is 5.95. The zero-order valence-electron chi connectivity index (χ0n) is 8.86. The molecule has 0 fully saturated rings. The number of hydrogen-bond acceptors (Lipinski definition) is 3. The van der Waals surface area contributed by atoms with Crippen LogP contribution in [-0.4, -0.2) is 16.9 Å². The van der Waals surface area contributed by atoms with E-state index in [2.05, 4.69) is 5.32 Å². The molecule has 6 heteroatoms. The van der Waals surface area contributed by atoms with Crippen molar-refractivity contribution in [2.75, 3.05) is 0 Å². The molecule has 1 N–H and O–H groups in total. The van der Waals surface area contributed by atoms with Crippen molar-refractivity contribution in [1.29, 1.82) is 0 Å². The van der Waals surface area contributed by atoms with E-state index >= 15 is 0 Å². The minimum Gasteiger partial charge on any atom is -0.350 e. The number of nitrogens with one attached hydrogen (secondary N) is 1. The molecule has 5 nitrogen and oxygen atoms in total. The summed E-state index contributed by atoms with van der Waals surface area (Å²) in [5.74, 6) is -1.43. The molecule has 1 aromatic carbocycles. The van der Waals surface area contributed by atoms with Crippen LogP contribution in [0, 0.1) is 15.9 Å². The van der Waals surface area contributed by atoms with Crippen LogP contribution in [0.4, 0.5) is 10.1 Å². The van der Waals surface area contributed by atoms with Gasteiger partial charge in [-0.3, -0.25) is 14.9 Å². The number of amides is 1. The normalized spacial score (nSPS) is 10.2. The van der Waals surface area contributed by atoms with Crippen molar-refractivity contribution >= 4 is 11.6 Å². The second-order valence-electron chi connectivity index (χ2n) is 3.55. The maximum atomic E-state index is 13.3. The molecular weight excluding hydrogens is 215 g/mol. The first-order chi connectivity index (χ1) is 7.41. The molecule has 0 unspecified atom stereocenters. The van der Waals surface area contributed by atoms with Crippen molar-refractivity contribution in [3.63, 3.8) is 0 Å². The molecule has 0 aliphatic rings. The predicted molar refractivity (Wildman–Crippen MR) is 55.7 cm³/mol. The molecule has 0 radical (unpaired) electrons. The highest BCUT2D eigenvalue weighted by Gasteiger charge is 2.17. The van der Waals surface area contributed by atoms with Gasteiger partial charge in [0.15, 0.2) is 0 Å². The number of benzene rings is 1. The Balaban J connectivity index is 3.07. The van der Waals surface area contributed by atoms with Crippen LogP contribution in [0.25, 0.3) is 0 Å². The first-order valence-corrected chi connectivity index (χ1v) is 4.66. The Labute approximate surface area is 91.4 Å². The van der Waals surface area contributed by atoms with E-state index in [9.17, 15) is 19.3 Å². The van der Waals surface area contributed by atoms with E-state index < -0.39 is 16.6 Å². The van der Waals surface area contributed by atoms with Gasteiger partial charge in [0.1, 0.15) is 5.82 Å². The summed E-state index contributed by atoms with van der Waals surface area (Å²) in [5.41, 5.74) is -0.627. The monoisotopic (exact) mass is 226 g/mol. The molecule has 0 spiro atoms. The SMILES string of the molecule is CC(C)NC(=O)c1cc([N+](=O)[O-])ccc1F. The minimum atomic E-state index is -0.774. The number of halogens is 1. The molecule has 16 heavy (non-hydrogen) atoms. The van der Waals surface area contributed by atoms with Crippen LogP contribution in [0.1, 0.15) is 24.2 Å². The lowest BCUT2D eigenvalue weighted by Crippen LogP contribution is -2.30. The fourth-order valence-corrected chi connectivity index (χ4v) is 1.14. The molecule has 0 aliphatic carbocycles. The maximum absolute atomic E-state index is 13.3. The topological polar surface area (TPSA) is 72.2 Å². The number of carbonyl (C=O) groups excluding carboxylic acids is 1. The van der Waals surface area contributed by atoms with E-state index in [1.54, 1.807) is 13.8 Å². The highest BCUT2D eigenvalue weighted by Crippen LogP contribution is 2.16. The summed E-state index contributed by atoms with van der Waals surface area (Å²) >= 11 is 0. The molecule has 0 atom stereocenters. The summed E-state index contributed by atoms with van der Waals surface area (Å²) in [6, 6.07) is 2.69. The first kappa shape index (κ1) is 12.1. The molecule has 0 heterocycles. The van der Waals surface area contributed by atoms with Crippen LogP contribution in [0.3, 0.4) is 0 Å². The highest BCUT2D eigenvalue weighted by atomic mass is 19.1. The van der Waals surface area contributed by atoms with Gasteiger partial charge in [-0.1, -0.05) is 0 Å². The van der Waals surface area contributed by atoms with Crippen LogP contribution in [0.15, 0.2) is 18.2 Å². The zero-order valence-corrected chi connectivity index (χ0v) is 8.86. The van der Waals surface area contributed by atoms with Gasteiger partial charge in [-0.05, 0) is 19.9 Å². The van der Waals surface area contributed by atoms with E-state index in [-0.39, 0.29) is 17.3 Å². The van der Waals surface area contributed by atoms with Crippen molar-refractivity contribution < 1.29 is 14.1 Å². The van der Waals surface area contributed by atoms with Gasteiger partial charge in [0.2, 0.25) is 0 Å². The predicted octanol–water partition coefficient (Wildman–Crippen LogP) is 1.87. The Bertz CT molecular complexity index is 432. The third-order valence-corrected chi connectivity index (χ3v) is 1.83. The molecule has 0 aliphatic heterocycles. The summed E-state index contributed by atoms with van der Waals surface area (Å²) in [5, 5.41) is 12.9. The van der Waals surface area contributed by atoms with Gasteiger partial charge >= 0.3 is 0 Å². The largest absolute Gasteiger partial charge is 0.350 e. The molecule has 1 rings (SSSR count). The van der Waals surface area contributed by atoms with Gasteiger partial charge in [-0.2, -0.15) is 0 Å². The fourth-order valence-electron chi connectivity index (χ4n) is 1.14. The summed E-state index contributed by atoms with van der Waals surface area (Å²) in [7, 11) is 0. The summed E-state index contributed by atoms with van der Waals surface area (Å²) < 4.78 is 13.3. The molecular formula is C10H11FN2O3. The summed E-state index contributed by atoms with van der Waals surface area (Å²) in [4.78, 5) is 21.3. The molecule has 0 bridgehead atoms. The van der Waals surface area contributed by atoms with E-state index in [0.29, 0.717) is 0 Å². The second-order valence-corrected chi connectivity index (χ2v) is 3.55. The Kier molecular flexibility index (Phi) is 3.55. The van der Waals surface area contributed by atoms with Gasteiger partial charge < -0.3 is 5.32 Å². The smallest absolute Gasteiger partial charge is 0.270 e. The van der Waals surface area contributed by atoms with E-state index in [4.69, 9.17) is 0 Å². The summed E-state index contributed by atoms with van der Waals surface area (Å²) in [6.07, 6.45) is 0. The van der Waals surface area contributed by atoms with Crippen LogP contribution in [0.2, 0.25) is 0 Å². The molecule has 1 aromatic rings. The molecule has 0 saturated carbocycles. The number of nitro groups is 1. The van der Waals surface area contributed by atoms with Gasteiger partial charge in [0.25, 0.3) is 11.6 Å². The average molecular weight is 226 g/mol. The van der Waals surface area contributed by atoms with Crippen LogP contribution >= 0.6 is 0 Å². The van der Waals surface area contributed by atoms with E-state index in [1.807, 2.05) is 0 Å². The van der Waals surface area contributed by atoms with Crippen molar-refractivity contribution in [3.05, 3.63) is 39.7 Å². The number of carbonyl (C=O) groups is 1. The van der Waals surface area contributed by atoms with Gasteiger partial charge in [0, 0.05) is 18.2 Å². The van der Waals surface area contributed by atoms with Crippen molar-refractivity contribution in [2.45, 2.75) is 19.9 Å². The third kappa shape index (κ3) is 2.75. The van der Waals surface area contributed by atoms with Crippen LogP contribution in [-0.2, 0) is 0 Å². The van der Waals surface area contributed by atoms with Crippen molar-refractivity contribution in [1.82, 2.24) is 5.32 Å². The zero-order chi connectivity index (χ0) is 12.3. The quantitative estimate of drug-likeness (QED) is 0.631. The molecule has 0 saturated heterocycles. The van der Waals surface area contributed by atoms with Gasteiger partial charge in [0.05, 0.1) is 10.5 Å². The Morgan fingerprint density at radius 3 is 2.62 bits per heavy atom. The van der Waals surface area contributed by atoms with Crippen LogP contribution < -0.4 is 5.32 Å². The Morgan fingerprint density at radius 1 is 1.50 bits per heavy atom. The van der Waals surface area contributed by atoms with E-state index in [0.717, 1.165) is 18.2 Å².